The van der Waals surface area contributed by atoms with E-state index in [4.69, 9.17) is 4.74 Å². The van der Waals surface area contributed by atoms with Gasteiger partial charge < -0.3 is 4.74 Å². The number of carbonyl (C=O) groups is 2. The zero-order valence-electron chi connectivity index (χ0n) is 14.6. The Morgan fingerprint density at radius 3 is 2.73 bits per heavy atom. The first kappa shape index (κ1) is 17.5. The fraction of sp³-hybridized carbons (Fsp3) is 0.450. The molecule has 1 saturated carbocycles. The van der Waals surface area contributed by atoms with Gasteiger partial charge >= 0.3 is 5.97 Å². The molecule has 1 fully saturated rings. The van der Waals surface area contributed by atoms with Crippen LogP contribution in [0.25, 0.3) is 0 Å². The average molecular weight is 374 g/mol. The summed E-state index contributed by atoms with van der Waals surface area (Å²) in [6, 6.07) is 5.99. The second-order valence-corrected chi connectivity index (χ2v) is 8.33. The molecule has 3 unspecified atom stereocenters. The monoisotopic (exact) mass is 374 g/mol. The number of ether oxygens (including phenoxy) is 1. The van der Waals surface area contributed by atoms with Gasteiger partial charge in [-0.1, -0.05) is 23.9 Å². The van der Waals surface area contributed by atoms with Crippen LogP contribution in [0.5, 0.6) is 0 Å². The van der Waals surface area contributed by atoms with Gasteiger partial charge in [0.1, 0.15) is 18.6 Å². The van der Waals surface area contributed by atoms with Crippen molar-refractivity contribution in [1.82, 2.24) is 0 Å². The van der Waals surface area contributed by atoms with Crippen LogP contribution < -0.4 is 0 Å². The summed E-state index contributed by atoms with van der Waals surface area (Å²) >= 11 is 1.56. The lowest BCUT2D eigenvalue weighted by molar-refractivity contribution is -0.560. The van der Waals surface area contributed by atoms with Crippen LogP contribution in [0.4, 0.5) is 4.39 Å². The molecular formula is C20H21FNO3S+. The van der Waals surface area contributed by atoms with Gasteiger partial charge in [0.15, 0.2) is 5.09 Å². The van der Waals surface area contributed by atoms with Crippen molar-refractivity contribution in [2.24, 2.45) is 11.8 Å². The van der Waals surface area contributed by atoms with Crippen LogP contribution in [-0.2, 0) is 14.3 Å². The smallest absolute Gasteiger partial charge is 0.308 e. The van der Waals surface area contributed by atoms with Crippen molar-refractivity contribution < 1.29 is 23.3 Å². The predicted molar refractivity (Wildman–Crippen MR) is 97.4 cm³/mol. The molecule has 0 N–H and O–H groups in total. The number of rotatable bonds is 5. The number of ketones is 1. The lowest BCUT2D eigenvalue weighted by Gasteiger charge is -2.23. The highest BCUT2D eigenvalue weighted by molar-refractivity contribution is 8.03. The van der Waals surface area contributed by atoms with Crippen LogP contribution >= 0.6 is 11.8 Å². The molecule has 3 atom stereocenters. The molecule has 0 spiro atoms. The van der Waals surface area contributed by atoms with E-state index in [1.807, 2.05) is 16.9 Å². The molecule has 4 nitrogen and oxygen atoms in total. The van der Waals surface area contributed by atoms with E-state index in [0.717, 1.165) is 19.3 Å². The zero-order valence-corrected chi connectivity index (χ0v) is 15.4. The molecule has 1 aliphatic carbocycles. The van der Waals surface area contributed by atoms with E-state index in [2.05, 4.69) is 0 Å². The van der Waals surface area contributed by atoms with Crippen LogP contribution in [0.2, 0.25) is 0 Å². The maximum Gasteiger partial charge on any atom is 0.308 e. The quantitative estimate of drug-likeness (QED) is 0.585. The fourth-order valence-corrected chi connectivity index (χ4v) is 4.92. The minimum Gasteiger partial charge on any atom is -0.420 e. The maximum atomic E-state index is 14.4. The molecule has 0 amide bonds. The summed E-state index contributed by atoms with van der Waals surface area (Å²) in [5.41, 5.74) is 0.453. The van der Waals surface area contributed by atoms with Gasteiger partial charge in [-0.3, -0.25) is 9.59 Å². The minimum atomic E-state index is -0.569. The van der Waals surface area contributed by atoms with E-state index >= 15 is 0 Å². The number of benzene rings is 1. The first-order valence-corrected chi connectivity index (χ1v) is 9.86. The number of carbonyl (C=O) groups excluding carboxylic acids is 2. The molecule has 0 radical (unpaired) electrons. The largest absolute Gasteiger partial charge is 0.420 e. The Morgan fingerprint density at radius 2 is 2.04 bits per heavy atom. The van der Waals surface area contributed by atoms with Crippen LogP contribution in [0.3, 0.4) is 0 Å². The highest BCUT2D eigenvalue weighted by Crippen LogP contribution is 2.42. The van der Waals surface area contributed by atoms with E-state index in [9.17, 15) is 14.0 Å². The summed E-state index contributed by atoms with van der Waals surface area (Å²) in [5, 5.41) is 0.930. The summed E-state index contributed by atoms with van der Waals surface area (Å²) in [4.78, 5) is 24.1. The Bertz CT molecular complexity index is 815. The van der Waals surface area contributed by atoms with Crippen LogP contribution in [-0.4, -0.2) is 34.3 Å². The fourth-order valence-electron chi connectivity index (χ4n) is 3.69. The van der Waals surface area contributed by atoms with Crippen molar-refractivity contribution in [3.63, 3.8) is 0 Å². The van der Waals surface area contributed by atoms with Gasteiger partial charge in [-0.25, -0.2) is 8.97 Å². The zero-order chi connectivity index (χ0) is 18.3. The van der Waals surface area contributed by atoms with Crippen molar-refractivity contribution in [3.8, 4) is 0 Å². The minimum absolute atomic E-state index is 0.0517. The van der Waals surface area contributed by atoms with Gasteiger partial charge in [0.05, 0.1) is 11.5 Å². The number of hydrogen-bond acceptors (Lipinski definition) is 4. The second kappa shape index (κ2) is 6.99. The highest BCUT2D eigenvalue weighted by atomic mass is 32.2. The summed E-state index contributed by atoms with van der Waals surface area (Å²) < 4.78 is 21.7. The number of allylic oxidation sites excluding steroid dienone is 1. The maximum absolute atomic E-state index is 14.4. The molecule has 26 heavy (non-hydrogen) atoms. The standard InChI is InChI=1S/C20H21FNO3S/c1-12(23)25-18-10-14-11-22(9-8-17(14)26-18)19(20(24)13-6-7-13)15-4-2-3-5-16(15)21/h2-5,10-11,13-14,17,19H,6-9H2,1H3/q+1. The first-order chi connectivity index (χ1) is 12.5. The van der Waals surface area contributed by atoms with Gasteiger partial charge in [-0.05, 0) is 31.1 Å². The molecule has 4 rings (SSSR count). The van der Waals surface area contributed by atoms with Crippen molar-refractivity contribution >= 4 is 29.7 Å². The number of thioether (sulfide) groups is 1. The summed E-state index contributed by atoms with van der Waals surface area (Å²) in [6.45, 7) is 2.08. The van der Waals surface area contributed by atoms with E-state index in [1.165, 1.54) is 13.0 Å². The third-order valence-electron chi connectivity index (χ3n) is 5.09. The Labute approximate surface area is 156 Å². The highest BCUT2D eigenvalue weighted by Gasteiger charge is 2.45. The molecule has 0 saturated heterocycles. The Morgan fingerprint density at radius 1 is 1.27 bits per heavy atom. The molecule has 3 aliphatic rings. The van der Waals surface area contributed by atoms with Gasteiger partial charge in [0.25, 0.3) is 0 Å². The van der Waals surface area contributed by atoms with E-state index in [1.54, 1.807) is 30.0 Å². The molecule has 1 aromatic rings. The molecule has 0 bridgehead atoms. The molecule has 6 heteroatoms. The normalized spacial score (nSPS) is 25.8. The summed E-state index contributed by atoms with van der Waals surface area (Å²) in [6.07, 6.45) is 6.61. The number of nitrogens with zero attached hydrogens (tertiary/aromatic N) is 1. The van der Waals surface area contributed by atoms with Gasteiger partial charge in [-0.15, -0.1) is 0 Å². The van der Waals surface area contributed by atoms with Crippen molar-refractivity contribution in [2.45, 2.75) is 37.5 Å². The van der Waals surface area contributed by atoms with Crippen molar-refractivity contribution in [1.29, 1.82) is 0 Å². The third-order valence-corrected chi connectivity index (χ3v) is 6.39. The molecule has 2 heterocycles. The van der Waals surface area contributed by atoms with E-state index < -0.39 is 6.04 Å². The Balaban J connectivity index is 1.66. The lowest BCUT2D eigenvalue weighted by atomic mass is 9.94. The molecule has 136 valence electrons. The van der Waals surface area contributed by atoms with E-state index in [-0.39, 0.29) is 29.4 Å². The summed E-state index contributed by atoms with van der Waals surface area (Å²) in [7, 11) is 0. The Kier molecular flexibility index (Phi) is 4.69. The SMILES string of the molecule is CC(=O)OC1=CC2C=[N+](C(C(=O)C3CC3)c3ccccc3F)CCC2S1. The van der Waals surface area contributed by atoms with Gasteiger partial charge in [0.2, 0.25) is 11.8 Å². The van der Waals surface area contributed by atoms with Crippen molar-refractivity contribution in [2.75, 3.05) is 6.54 Å². The predicted octanol–water partition coefficient (Wildman–Crippen LogP) is 3.47. The number of fused-ring (bicyclic) bond motifs is 1. The van der Waals surface area contributed by atoms with Crippen LogP contribution in [0, 0.1) is 17.7 Å². The molecule has 1 aromatic carbocycles. The second-order valence-electron chi connectivity index (χ2n) is 7.09. The number of halogens is 1. The number of Topliss-reactive ketones (excluding diaryl/α,β-unsaturated/α-hetero) is 1. The molecule has 2 aliphatic heterocycles. The van der Waals surface area contributed by atoms with Gasteiger partial charge in [-0.2, -0.15) is 0 Å². The lowest BCUT2D eigenvalue weighted by Crippen LogP contribution is -2.37. The third kappa shape index (κ3) is 3.47. The first-order valence-electron chi connectivity index (χ1n) is 8.98. The van der Waals surface area contributed by atoms with Gasteiger partial charge in [0, 0.05) is 24.5 Å². The van der Waals surface area contributed by atoms with E-state index in [0.29, 0.717) is 22.4 Å². The Hall–Kier alpha value is -1.95. The van der Waals surface area contributed by atoms with Crippen molar-refractivity contribution in [3.05, 3.63) is 46.8 Å². The topological polar surface area (TPSA) is 46.4 Å². The molecular weight excluding hydrogens is 353 g/mol. The molecule has 0 aromatic heterocycles. The summed E-state index contributed by atoms with van der Waals surface area (Å²) in [5.74, 6) is -0.411. The van der Waals surface area contributed by atoms with Crippen LogP contribution in [0.1, 0.15) is 37.8 Å². The number of esters is 1. The number of hydrogen-bond donors (Lipinski definition) is 0. The average Bonchev–Trinajstić information content (AvgIpc) is 3.37. The van der Waals surface area contributed by atoms with Crippen LogP contribution in [0.15, 0.2) is 35.4 Å².